The maximum Gasteiger partial charge on any atom is 0.233 e. The Labute approximate surface area is 72.5 Å². The standard InChI is InChI=1S/C8H7NO4/c10-4-2-1-3-5(6(4)11)7(12)8(13)9-3/h1-2,9-13H. The van der Waals surface area contributed by atoms with Gasteiger partial charge in [-0.3, -0.25) is 0 Å². The number of H-pyrrole nitrogens is 1. The molecule has 0 amide bonds. The largest absolute Gasteiger partial charge is 0.504 e. The summed E-state index contributed by atoms with van der Waals surface area (Å²) < 4.78 is 0. The van der Waals surface area contributed by atoms with Gasteiger partial charge in [0.25, 0.3) is 0 Å². The van der Waals surface area contributed by atoms with Crippen molar-refractivity contribution in [3.8, 4) is 23.1 Å². The first-order valence-electron chi connectivity index (χ1n) is 3.56. The van der Waals surface area contributed by atoms with E-state index in [4.69, 9.17) is 10.2 Å². The second-order valence-electron chi connectivity index (χ2n) is 2.68. The lowest BCUT2D eigenvalue weighted by atomic mass is 10.2. The molecule has 0 saturated carbocycles. The molecule has 0 fully saturated rings. The molecule has 0 unspecified atom stereocenters. The van der Waals surface area contributed by atoms with Crippen LogP contribution in [0.2, 0.25) is 0 Å². The summed E-state index contributed by atoms with van der Waals surface area (Å²) in [5.74, 6) is -1.70. The fourth-order valence-electron chi connectivity index (χ4n) is 1.23. The van der Waals surface area contributed by atoms with E-state index in [9.17, 15) is 10.2 Å². The van der Waals surface area contributed by atoms with Crippen LogP contribution in [0.3, 0.4) is 0 Å². The smallest absolute Gasteiger partial charge is 0.233 e. The summed E-state index contributed by atoms with van der Waals surface area (Å²) in [7, 11) is 0. The summed E-state index contributed by atoms with van der Waals surface area (Å²) in [6.07, 6.45) is 0. The van der Waals surface area contributed by atoms with Crippen molar-refractivity contribution < 1.29 is 20.4 Å². The molecule has 5 heteroatoms. The number of benzene rings is 1. The second kappa shape index (κ2) is 2.22. The van der Waals surface area contributed by atoms with Crippen LogP contribution in [0, 0.1) is 0 Å². The third kappa shape index (κ3) is 0.868. The van der Waals surface area contributed by atoms with Gasteiger partial charge in [-0.1, -0.05) is 0 Å². The van der Waals surface area contributed by atoms with E-state index in [1.54, 1.807) is 0 Å². The number of hydrogen-bond donors (Lipinski definition) is 5. The molecular weight excluding hydrogens is 174 g/mol. The molecule has 0 bridgehead atoms. The fraction of sp³-hybridized carbons (Fsp3) is 0. The highest BCUT2D eigenvalue weighted by Crippen LogP contribution is 2.43. The molecule has 0 aliphatic rings. The number of phenolic OH excluding ortho intramolecular Hbond substituents is 2. The highest BCUT2D eigenvalue weighted by molar-refractivity contribution is 5.95. The molecule has 1 aromatic heterocycles. The molecule has 2 rings (SSSR count). The zero-order chi connectivity index (χ0) is 9.59. The summed E-state index contributed by atoms with van der Waals surface area (Å²) in [6.45, 7) is 0. The van der Waals surface area contributed by atoms with Crippen LogP contribution in [0.1, 0.15) is 0 Å². The van der Waals surface area contributed by atoms with Crippen LogP contribution in [0.25, 0.3) is 10.9 Å². The molecule has 5 nitrogen and oxygen atoms in total. The Morgan fingerprint density at radius 2 is 1.62 bits per heavy atom. The topological polar surface area (TPSA) is 96.7 Å². The summed E-state index contributed by atoms with van der Waals surface area (Å²) in [4.78, 5) is 2.43. The van der Waals surface area contributed by atoms with E-state index >= 15 is 0 Å². The monoisotopic (exact) mass is 181 g/mol. The Balaban J connectivity index is 2.97. The van der Waals surface area contributed by atoms with Crippen LogP contribution < -0.4 is 0 Å². The molecule has 13 heavy (non-hydrogen) atoms. The van der Waals surface area contributed by atoms with E-state index in [1.807, 2.05) is 0 Å². The van der Waals surface area contributed by atoms with E-state index in [2.05, 4.69) is 4.98 Å². The van der Waals surface area contributed by atoms with Gasteiger partial charge >= 0.3 is 0 Å². The van der Waals surface area contributed by atoms with Crippen molar-refractivity contribution in [3.63, 3.8) is 0 Å². The average Bonchev–Trinajstić information content (AvgIpc) is 2.37. The Kier molecular flexibility index (Phi) is 1.30. The highest BCUT2D eigenvalue weighted by Gasteiger charge is 2.15. The molecule has 1 aromatic carbocycles. The van der Waals surface area contributed by atoms with Gasteiger partial charge in [-0.15, -0.1) is 0 Å². The van der Waals surface area contributed by atoms with E-state index in [0.717, 1.165) is 0 Å². The molecule has 1 heterocycles. The summed E-state index contributed by atoms with van der Waals surface area (Å²) in [6, 6.07) is 2.69. The quantitative estimate of drug-likeness (QED) is 0.391. The molecule has 0 atom stereocenters. The van der Waals surface area contributed by atoms with E-state index in [1.165, 1.54) is 12.1 Å². The van der Waals surface area contributed by atoms with Gasteiger partial charge in [0.05, 0.1) is 10.9 Å². The maximum absolute atomic E-state index is 9.31. The number of hydrogen-bond acceptors (Lipinski definition) is 4. The Morgan fingerprint density at radius 3 is 2.31 bits per heavy atom. The minimum Gasteiger partial charge on any atom is -0.504 e. The molecule has 0 spiro atoms. The Hall–Kier alpha value is -2.04. The maximum atomic E-state index is 9.31. The first-order chi connectivity index (χ1) is 6.11. The fourth-order valence-corrected chi connectivity index (χ4v) is 1.23. The molecule has 0 radical (unpaired) electrons. The summed E-state index contributed by atoms with van der Waals surface area (Å²) >= 11 is 0. The van der Waals surface area contributed by atoms with Crippen LogP contribution in [0.4, 0.5) is 0 Å². The zero-order valence-corrected chi connectivity index (χ0v) is 6.44. The molecule has 68 valence electrons. The number of rotatable bonds is 0. The van der Waals surface area contributed by atoms with Crippen LogP contribution >= 0.6 is 0 Å². The van der Waals surface area contributed by atoms with Crippen molar-refractivity contribution in [1.29, 1.82) is 0 Å². The van der Waals surface area contributed by atoms with Gasteiger partial charge in [-0.05, 0) is 12.1 Å². The van der Waals surface area contributed by atoms with Gasteiger partial charge in [-0.25, -0.2) is 0 Å². The summed E-state index contributed by atoms with van der Waals surface area (Å²) in [5.41, 5.74) is 0.352. The predicted molar refractivity (Wildman–Crippen MR) is 45.0 cm³/mol. The third-order valence-corrected chi connectivity index (χ3v) is 1.87. The SMILES string of the molecule is Oc1ccc2[nH]c(O)c(O)c2c1O. The van der Waals surface area contributed by atoms with Gasteiger partial charge in [0.2, 0.25) is 5.88 Å². The number of phenols is 2. The number of aromatic amines is 1. The molecule has 0 saturated heterocycles. The Morgan fingerprint density at radius 1 is 0.923 bits per heavy atom. The van der Waals surface area contributed by atoms with Crippen LogP contribution in [-0.4, -0.2) is 25.4 Å². The first kappa shape index (κ1) is 7.60. The molecule has 0 aliphatic carbocycles. The Bertz CT molecular complexity index is 474. The molecular formula is C8H7NO4. The van der Waals surface area contributed by atoms with Gasteiger partial charge in [0.1, 0.15) is 0 Å². The van der Waals surface area contributed by atoms with E-state index in [0.29, 0.717) is 5.52 Å². The van der Waals surface area contributed by atoms with E-state index < -0.39 is 17.4 Å². The summed E-state index contributed by atoms with van der Waals surface area (Å²) in [5, 5.41) is 36.7. The van der Waals surface area contributed by atoms with Crippen molar-refractivity contribution in [2.24, 2.45) is 0 Å². The van der Waals surface area contributed by atoms with Crippen molar-refractivity contribution in [3.05, 3.63) is 12.1 Å². The molecule has 0 aliphatic heterocycles. The van der Waals surface area contributed by atoms with Crippen molar-refractivity contribution in [1.82, 2.24) is 4.98 Å². The van der Waals surface area contributed by atoms with E-state index in [-0.39, 0.29) is 11.1 Å². The second-order valence-corrected chi connectivity index (χ2v) is 2.68. The first-order valence-corrected chi connectivity index (χ1v) is 3.56. The lowest BCUT2D eigenvalue weighted by molar-refractivity contribution is 0.392. The van der Waals surface area contributed by atoms with Gasteiger partial charge in [-0.2, -0.15) is 0 Å². The van der Waals surface area contributed by atoms with Crippen molar-refractivity contribution in [2.45, 2.75) is 0 Å². The van der Waals surface area contributed by atoms with Gasteiger partial charge in [0.15, 0.2) is 17.2 Å². The number of nitrogens with one attached hydrogen (secondary N) is 1. The van der Waals surface area contributed by atoms with Crippen LogP contribution in [-0.2, 0) is 0 Å². The van der Waals surface area contributed by atoms with Crippen LogP contribution in [0.5, 0.6) is 23.1 Å². The number of aromatic nitrogens is 1. The highest BCUT2D eigenvalue weighted by atomic mass is 16.3. The third-order valence-electron chi connectivity index (χ3n) is 1.87. The lowest BCUT2D eigenvalue weighted by Gasteiger charge is -1.97. The number of fused-ring (bicyclic) bond motifs is 1. The zero-order valence-electron chi connectivity index (χ0n) is 6.44. The minimum atomic E-state index is -0.469. The average molecular weight is 181 g/mol. The van der Waals surface area contributed by atoms with Crippen LogP contribution in [0.15, 0.2) is 12.1 Å². The predicted octanol–water partition coefficient (Wildman–Crippen LogP) is 0.990. The normalized spacial score (nSPS) is 10.8. The minimum absolute atomic E-state index is 0.0116. The molecule has 5 N–H and O–H groups in total. The van der Waals surface area contributed by atoms with Gasteiger partial charge < -0.3 is 25.4 Å². The van der Waals surface area contributed by atoms with Crippen molar-refractivity contribution >= 4 is 10.9 Å². The number of aromatic hydroxyl groups is 4. The van der Waals surface area contributed by atoms with Gasteiger partial charge in [0, 0.05) is 0 Å². The van der Waals surface area contributed by atoms with Crippen molar-refractivity contribution in [2.75, 3.05) is 0 Å². The molecule has 2 aromatic rings. The lowest BCUT2D eigenvalue weighted by Crippen LogP contribution is -1.71.